The van der Waals surface area contributed by atoms with E-state index < -0.39 is 15.9 Å². The molecule has 9 heteroatoms. The van der Waals surface area contributed by atoms with Gasteiger partial charge in [-0.25, -0.2) is 8.42 Å². The molecule has 0 saturated carbocycles. The molecule has 3 rings (SSSR count). The van der Waals surface area contributed by atoms with E-state index in [2.05, 4.69) is 5.32 Å². The Hall–Kier alpha value is -3.69. The van der Waals surface area contributed by atoms with Crippen molar-refractivity contribution in [1.82, 2.24) is 4.31 Å². The van der Waals surface area contributed by atoms with E-state index in [9.17, 15) is 18.0 Å². The Kier molecular flexibility index (Phi) is 9.82. The van der Waals surface area contributed by atoms with Gasteiger partial charge in [0, 0.05) is 12.2 Å². The summed E-state index contributed by atoms with van der Waals surface area (Å²) >= 11 is 0. The molecular formula is C28H32N2O6S. The molecule has 8 nitrogen and oxygen atoms in total. The van der Waals surface area contributed by atoms with Gasteiger partial charge in [0.05, 0.1) is 31.1 Å². The summed E-state index contributed by atoms with van der Waals surface area (Å²) < 4.78 is 38.9. The van der Waals surface area contributed by atoms with Gasteiger partial charge in [-0.05, 0) is 67.8 Å². The highest BCUT2D eigenvalue weighted by Crippen LogP contribution is 2.25. The summed E-state index contributed by atoms with van der Waals surface area (Å²) in [6, 6.07) is 20.5. The number of aryl methyl sites for hydroxylation is 1. The molecule has 3 aromatic rings. The summed E-state index contributed by atoms with van der Waals surface area (Å²) in [4.78, 5) is 24.7. The Labute approximate surface area is 218 Å². The Balaban J connectivity index is 1.79. The van der Waals surface area contributed by atoms with Crippen molar-refractivity contribution in [2.45, 2.75) is 38.6 Å². The molecule has 0 radical (unpaired) electrons. The standard InChI is InChI=1S/C28H32N2O6S/c1-4-35-26-16-15-25(17-21(26)3)37(33,34)30(19-23-9-7-6-8-10-23)20-27(31)29-24-13-11-22(12-14-24)18-28(32)36-5-2/h6-17H,4-5,18-20H2,1-3H3,(H,29,31). The number of nitrogens with one attached hydrogen (secondary N) is 1. The number of esters is 1. The zero-order valence-electron chi connectivity index (χ0n) is 21.3. The fourth-order valence-electron chi connectivity index (χ4n) is 3.71. The lowest BCUT2D eigenvalue weighted by Crippen LogP contribution is -2.37. The number of carbonyl (C=O) groups excluding carboxylic acids is 2. The highest BCUT2D eigenvalue weighted by molar-refractivity contribution is 7.89. The van der Waals surface area contributed by atoms with Gasteiger partial charge in [-0.1, -0.05) is 42.5 Å². The number of rotatable bonds is 12. The maximum atomic E-state index is 13.6. The van der Waals surface area contributed by atoms with Gasteiger partial charge in [-0.2, -0.15) is 4.31 Å². The van der Waals surface area contributed by atoms with E-state index in [4.69, 9.17) is 9.47 Å². The lowest BCUT2D eigenvalue weighted by Gasteiger charge is -2.22. The normalized spacial score (nSPS) is 11.2. The van der Waals surface area contributed by atoms with Crippen molar-refractivity contribution >= 4 is 27.6 Å². The molecule has 0 saturated heterocycles. The molecule has 37 heavy (non-hydrogen) atoms. The average Bonchev–Trinajstić information content (AvgIpc) is 2.87. The Bertz CT molecular complexity index is 1310. The first-order valence-electron chi connectivity index (χ1n) is 12.0. The molecule has 0 heterocycles. The van der Waals surface area contributed by atoms with Gasteiger partial charge in [-0.15, -0.1) is 0 Å². The van der Waals surface area contributed by atoms with Crippen LogP contribution in [0.2, 0.25) is 0 Å². The largest absolute Gasteiger partial charge is 0.494 e. The van der Waals surface area contributed by atoms with E-state index in [0.29, 0.717) is 30.2 Å². The van der Waals surface area contributed by atoms with Gasteiger partial charge in [0.1, 0.15) is 5.75 Å². The summed E-state index contributed by atoms with van der Waals surface area (Å²) in [5, 5.41) is 2.74. The van der Waals surface area contributed by atoms with Crippen molar-refractivity contribution < 1.29 is 27.5 Å². The van der Waals surface area contributed by atoms with Crippen molar-refractivity contribution in [2.24, 2.45) is 0 Å². The van der Waals surface area contributed by atoms with Crippen LogP contribution in [0.1, 0.15) is 30.5 Å². The number of hydrogen-bond donors (Lipinski definition) is 1. The van der Waals surface area contributed by atoms with Crippen LogP contribution in [-0.4, -0.2) is 44.4 Å². The van der Waals surface area contributed by atoms with Crippen LogP contribution in [0.15, 0.2) is 77.7 Å². The van der Waals surface area contributed by atoms with Gasteiger partial charge >= 0.3 is 5.97 Å². The molecule has 0 unspecified atom stereocenters. The number of nitrogens with zero attached hydrogens (tertiary/aromatic N) is 1. The van der Waals surface area contributed by atoms with E-state index in [-0.39, 0.29) is 30.4 Å². The second-order valence-corrected chi connectivity index (χ2v) is 10.3. The highest BCUT2D eigenvalue weighted by Gasteiger charge is 2.27. The van der Waals surface area contributed by atoms with Crippen molar-refractivity contribution in [3.8, 4) is 5.75 Å². The highest BCUT2D eigenvalue weighted by atomic mass is 32.2. The van der Waals surface area contributed by atoms with Crippen LogP contribution in [0.4, 0.5) is 5.69 Å². The first kappa shape index (κ1) is 27.9. The van der Waals surface area contributed by atoms with Gasteiger partial charge in [0.25, 0.3) is 0 Å². The Morgan fingerprint density at radius 1 is 0.892 bits per heavy atom. The first-order chi connectivity index (χ1) is 17.7. The molecule has 0 aromatic heterocycles. The third kappa shape index (κ3) is 7.90. The monoisotopic (exact) mass is 524 g/mol. The predicted octanol–water partition coefficient (Wildman–Crippen LogP) is 4.33. The lowest BCUT2D eigenvalue weighted by atomic mass is 10.1. The predicted molar refractivity (Wildman–Crippen MR) is 142 cm³/mol. The fourth-order valence-corrected chi connectivity index (χ4v) is 5.18. The fraction of sp³-hybridized carbons (Fsp3) is 0.286. The van der Waals surface area contributed by atoms with E-state index in [1.54, 1.807) is 50.2 Å². The number of hydrogen-bond acceptors (Lipinski definition) is 6. The van der Waals surface area contributed by atoms with Crippen molar-refractivity contribution in [1.29, 1.82) is 0 Å². The SMILES string of the molecule is CCOC(=O)Cc1ccc(NC(=O)CN(Cc2ccccc2)S(=O)(=O)c2ccc(OCC)c(C)c2)cc1. The summed E-state index contributed by atoms with van der Waals surface area (Å²) in [7, 11) is -4.00. The van der Waals surface area contributed by atoms with Crippen LogP contribution in [0.5, 0.6) is 5.75 Å². The number of ether oxygens (including phenoxy) is 2. The minimum atomic E-state index is -4.00. The third-order valence-corrected chi connectivity index (χ3v) is 7.28. The van der Waals surface area contributed by atoms with Crippen molar-refractivity contribution in [3.63, 3.8) is 0 Å². The van der Waals surface area contributed by atoms with Crippen LogP contribution in [0.25, 0.3) is 0 Å². The maximum Gasteiger partial charge on any atom is 0.310 e. The van der Waals surface area contributed by atoms with Crippen LogP contribution in [0, 0.1) is 6.92 Å². The summed E-state index contributed by atoms with van der Waals surface area (Å²) in [5.41, 5.74) is 2.68. The maximum absolute atomic E-state index is 13.6. The molecule has 0 atom stereocenters. The lowest BCUT2D eigenvalue weighted by molar-refractivity contribution is -0.142. The second-order valence-electron chi connectivity index (χ2n) is 8.35. The average molecular weight is 525 g/mol. The van der Waals surface area contributed by atoms with Gasteiger partial charge in [0.15, 0.2) is 0 Å². The summed E-state index contributed by atoms with van der Waals surface area (Å²) in [6.07, 6.45) is 0.132. The Morgan fingerprint density at radius 2 is 1.59 bits per heavy atom. The molecule has 1 amide bonds. The van der Waals surface area contributed by atoms with E-state index in [1.807, 2.05) is 37.3 Å². The van der Waals surface area contributed by atoms with E-state index in [1.165, 1.54) is 6.07 Å². The van der Waals surface area contributed by atoms with E-state index >= 15 is 0 Å². The summed E-state index contributed by atoms with van der Waals surface area (Å²) in [5.74, 6) is -0.203. The smallest absolute Gasteiger partial charge is 0.310 e. The van der Waals surface area contributed by atoms with Crippen molar-refractivity contribution in [3.05, 3.63) is 89.5 Å². The summed E-state index contributed by atoms with van der Waals surface area (Å²) in [6.45, 7) is 5.81. The van der Waals surface area contributed by atoms with Gasteiger partial charge in [-0.3, -0.25) is 9.59 Å². The molecule has 0 bridgehead atoms. The molecule has 0 aliphatic carbocycles. The van der Waals surface area contributed by atoms with Crippen LogP contribution in [0.3, 0.4) is 0 Å². The molecule has 3 aromatic carbocycles. The molecule has 0 aliphatic heterocycles. The minimum Gasteiger partial charge on any atom is -0.494 e. The minimum absolute atomic E-state index is 0.0291. The number of amides is 1. The number of carbonyl (C=O) groups is 2. The van der Waals surface area contributed by atoms with Crippen molar-refractivity contribution in [2.75, 3.05) is 25.1 Å². The van der Waals surface area contributed by atoms with Crippen LogP contribution < -0.4 is 10.1 Å². The molecule has 0 spiro atoms. The number of benzene rings is 3. The molecule has 1 N–H and O–H groups in total. The zero-order valence-corrected chi connectivity index (χ0v) is 22.1. The third-order valence-electron chi connectivity index (χ3n) is 5.50. The van der Waals surface area contributed by atoms with E-state index in [0.717, 1.165) is 15.4 Å². The van der Waals surface area contributed by atoms with Gasteiger partial charge < -0.3 is 14.8 Å². The molecular weight excluding hydrogens is 492 g/mol. The first-order valence-corrected chi connectivity index (χ1v) is 13.5. The van der Waals surface area contributed by atoms with Crippen LogP contribution in [-0.2, 0) is 37.3 Å². The molecule has 196 valence electrons. The Morgan fingerprint density at radius 3 is 2.22 bits per heavy atom. The van der Waals surface area contributed by atoms with Crippen LogP contribution >= 0.6 is 0 Å². The number of sulfonamides is 1. The molecule has 0 fully saturated rings. The number of anilines is 1. The topological polar surface area (TPSA) is 102 Å². The zero-order chi connectivity index (χ0) is 26.8. The molecule has 0 aliphatic rings. The van der Waals surface area contributed by atoms with Gasteiger partial charge in [0.2, 0.25) is 15.9 Å². The second kappa shape index (κ2) is 13.0. The quantitative estimate of drug-likeness (QED) is 0.354.